The molecule has 1 amide bonds. The van der Waals surface area contributed by atoms with Crippen LogP contribution < -0.4 is 5.32 Å². The molecule has 0 bridgehead atoms. The van der Waals surface area contributed by atoms with Crippen LogP contribution in [0.3, 0.4) is 0 Å². The molecule has 0 aliphatic rings. The number of nitrogens with one attached hydrogen (secondary N) is 2. The van der Waals surface area contributed by atoms with Crippen LogP contribution in [0.15, 0.2) is 6.07 Å². The molecular weight excluding hydrogens is 230 g/mol. The first-order chi connectivity index (χ1) is 7.34. The van der Waals surface area contributed by atoms with Gasteiger partial charge in [-0.05, 0) is 13.3 Å². The summed E-state index contributed by atoms with van der Waals surface area (Å²) in [6.07, 6.45) is 1.80. The topological polar surface area (TPSA) is 91.9 Å². The quantitative estimate of drug-likeness (QED) is 0.800. The van der Waals surface area contributed by atoms with Crippen LogP contribution >= 0.6 is 0 Å². The fourth-order valence-corrected chi connectivity index (χ4v) is 1.48. The van der Waals surface area contributed by atoms with E-state index in [1.165, 1.54) is 6.92 Å². The van der Waals surface area contributed by atoms with Crippen molar-refractivity contribution < 1.29 is 13.2 Å². The number of H-pyrrole nitrogens is 1. The molecule has 1 heterocycles. The Kier molecular flexibility index (Phi) is 3.69. The molecule has 0 aliphatic carbocycles. The molecule has 1 atom stereocenters. The molecule has 0 aliphatic heterocycles. The average Bonchev–Trinajstić information content (AvgIpc) is 2.63. The van der Waals surface area contributed by atoms with Crippen molar-refractivity contribution in [3.8, 4) is 0 Å². The lowest BCUT2D eigenvalue weighted by Gasteiger charge is -2.07. The van der Waals surface area contributed by atoms with Crippen molar-refractivity contribution in [3.05, 3.63) is 11.8 Å². The summed E-state index contributed by atoms with van der Waals surface area (Å²) in [6.45, 7) is 3.29. The van der Waals surface area contributed by atoms with Crippen LogP contribution in [0.1, 0.15) is 19.5 Å². The molecule has 1 aromatic heterocycles. The second-order valence-electron chi connectivity index (χ2n) is 3.59. The Morgan fingerprint density at radius 1 is 1.62 bits per heavy atom. The Balaban J connectivity index is 2.72. The first kappa shape index (κ1) is 12.7. The van der Waals surface area contributed by atoms with Crippen molar-refractivity contribution in [1.82, 2.24) is 10.2 Å². The van der Waals surface area contributed by atoms with Crippen molar-refractivity contribution in [2.24, 2.45) is 0 Å². The number of hydrogen-bond donors (Lipinski definition) is 2. The van der Waals surface area contributed by atoms with Crippen LogP contribution in [0.2, 0.25) is 0 Å². The molecule has 0 spiro atoms. The number of anilines is 1. The summed E-state index contributed by atoms with van der Waals surface area (Å²) in [4.78, 5) is 11.5. The Morgan fingerprint density at radius 2 is 2.25 bits per heavy atom. The highest BCUT2D eigenvalue weighted by atomic mass is 32.2. The zero-order chi connectivity index (χ0) is 12.3. The van der Waals surface area contributed by atoms with Gasteiger partial charge in [-0.3, -0.25) is 9.89 Å². The first-order valence-corrected chi connectivity index (χ1v) is 6.84. The van der Waals surface area contributed by atoms with Gasteiger partial charge in [-0.2, -0.15) is 5.10 Å². The van der Waals surface area contributed by atoms with Crippen molar-refractivity contribution in [3.63, 3.8) is 0 Å². The van der Waals surface area contributed by atoms with E-state index in [1.807, 2.05) is 6.92 Å². The third-order valence-corrected chi connectivity index (χ3v) is 3.77. The maximum atomic E-state index is 11.5. The summed E-state index contributed by atoms with van der Waals surface area (Å²) in [6, 6.07) is 1.67. The number of aromatic amines is 1. The van der Waals surface area contributed by atoms with Gasteiger partial charge in [0.1, 0.15) is 5.25 Å². The number of carbonyl (C=O) groups excluding carboxylic acids is 1. The van der Waals surface area contributed by atoms with Gasteiger partial charge in [-0.15, -0.1) is 0 Å². The zero-order valence-corrected chi connectivity index (χ0v) is 10.3. The van der Waals surface area contributed by atoms with E-state index in [4.69, 9.17) is 0 Å². The van der Waals surface area contributed by atoms with Gasteiger partial charge in [0.25, 0.3) is 0 Å². The van der Waals surface area contributed by atoms with E-state index in [1.54, 1.807) is 6.07 Å². The third kappa shape index (κ3) is 3.06. The minimum Gasteiger partial charge on any atom is -0.308 e. The van der Waals surface area contributed by atoms with Gasteiger partial charge >= 0.3 is 0 Å². The van der Waals surface area contributed by atoms with Gasteiger partial charge in [-0.25, -0.2) is 8.42 Å². The monoisotopic (exact) mass is 245 g/mol. The average molecular weight is 245 g/mol. The summed E-state index contributed by atoms with van der Waals surface area (Å²) >= 11 is 0. The maximum absolute atomic E-state index is 11.5. The Bertz CT molecular complexity index is 478. The van der Waals surface area contributed by atoms with Crippen molar-refractivity contribution >= 4 is 21.6 Å². The van der Waals surface area contributed by atoms with Crippen LogP contribution in [-0.4, -0.2) is 36.0 Å². The molecular formula is C9H15N3O3S. The molecule has 7 heteroatoms. The van der Waals surface area contributed by atoms with Crippen LogP contribution in [-0.2, 0) is 21.1 Å². The van der Waals surface area contributed by atoms with Crippen LogP contribution in [0, 0.1) is 0 Å². The molecule has 1 unspecified atom stereocenters. The highest BCUT2D eigenvalue weighted by Crippen LogP contribution is 2.08. The summed E-state index contributed by atoms with van der Waals surface area (Å²) in [7, 11) is -3.37. The normalized spacial score (nSPS) is 13.4. The smallest absolute Gasteiger partial charge is 0.243 e. The highest BCUT2D eigenvalue weighted by molar-refractivity contribution is 7.92. The van der Waals surface area contributed by atoms with Crippen molar-refractivity contribution in [2.45, 2.75) is 25.5 Å². The Hall–Kier alpha value is -1.37. The standard InChI is InChI=1S/C9H15N3O3S/c1-4-7-5-8(12-11-7)10-9(13)6(2)16(3,14)15/h5-6H,4H2,1-3H3,(H2,10,11,12,13). The molecule has 16 heavy (non-hydrogen) atoms. The lowest BCUT2D eigenvalue weighted by Crippen LogP contribution is -2.31. The molecule has 90 valence electrons. The summed E-state index contributed by atoms with van der Waals surface area (Å²) < 4.78 is 22.3. The second-order valence-corrected chi connectivity index (χ2v) is 5.96. The lowest BCUT2D eigenvalue weighted by molar-refractivity contribution is -0.115. The van der Waals surface area contributed by atoms with E-state index in [0.717, 1.165) is 18.4 Å². The van der Waals surface area contributed by atoms with Crippen molar-refractivity contribution in [2.75, 3.05) is 11.6 Å². The predicted molar refractivity (Wildman–Crippen MR) is 60.9 cm³/mol. The number of carbonyl (C=O) groups is 1. The predicted octanol–water partition coefficient (Wildman–Crippen LogP) is 0.344. The molecule has 0 saturated heterocycles. The van der Waals surface area contributed by atoms with Gasteiger partial charge in [0, 0.05) is 18.0 Å². The number of aromatic nitrogens is 2. The third-order valence-electron chi connectivity index (χ3n) is 2.27. The number of aryl methyl sites for hydroxylation is 1. The van der Waals surface area contributed by atoms with Gasteiger partial charge in [0.15, 0.2) is 15.7 Å². The molecule has 1 rings (SSSR count). The Morgan fingerprint density at radius 3 is 2.69 bits per heavy atom. The van der Waals surface area contributed by atoms with Gasteiger partial charge < -0.3 is 5.32 Å². The molecule has 0 aromatic carbocycles. The highest BCUT2D eigenvalue weighted by Gasteiger charge is 2.23. The number of rotatable bonds is 4. The van der Waals surface area contributed by atoms with Gasteiger partial charge in [0.2, 0.25) is 5.91 Å². The van der Waals surface area contributed by atoms with E-state index in [-0.39, 0.29) is 0 Å². The van der Waals surface area contributed by atoms with Crippen molar-refractivity contribution in [1.29, 1.82) is 0 Å². The van der Waals surface area contributed by atoms with Crippen LogP contribution in [0.5, 0.6) is 0 Å². The number of hydrogen-bond acceptors (Lipinski definition) is 4. The number of amides is 1. The van der Waals surface area contributed by atoms with Gasteiger partial charge in [-0.1, -0.05) is 6.92 Å². The van der Waals surface area contributed by atoms with E-state index < -0.39 is 21.0 Å². The van der Waals surface area contributed by atoms with Gasteiger partial charge in [0.05, 0.1) is 0 Å². The molecule has 0 saturated carbocycles. The molecule has 6 nitrogen and oxygen atoms in total. The van der Waals surface area contributed by atoms with E-state index in [0.29, 0.717) is 5.82 Å². The minimum atomic E-state index is -3.37. The fraction of sp³-hybridized carbons (Fsp3) is 0.556. The second kappa shape index (κ2) is 4.65. The van der Waals surface area contributed by atoms with Crippen LogP contribution in [0.25, 0.3) is 0 Å². The largest absolute Gasteiger partial charge is 0.308 e. The number of sulfone groups is 1. The summed E-state index contributed by atoms with van der Waals surface area (Å²) in [5.74, 6) is -0.228. The molecule has 2 N–H and O–H groups in total. The fourth-order valence-electron chi connectivity index (χ4n) is 1.03. The first-order valence-electron chi connectivity index (χ1n) is 4.88. The summed E-state index contributed by atoms with van der Waals surface area (Å²) in [5, 5.41) is 7.93. The van der Waals surface area contributed by atoms with E-state index in [2.05, 4.69) is 15.5 Å². The van der Waals surface area contributed by atoms with E-state index >= 15 is 0 Å². The molecule has 1 aromatic rings. The maximum Gasteiger partial charge on any atom is 0.243 e. The van der Waals surface area contributed by atoms with Crippen LogP contribution in [0.4, 0.5) is 5.82 Å². The SMILES string of the molecule is CCc1cc(NC(=O)C(C)S(C)(=O)=O)n[nH]1. The lowest BCUT2D eigenvalue weighted by atomic mass is 10.3. The molecule has 0 fully saturated rings. The number of nitrogens with zero attached hydrogens (tertiary/aromatic N) is 1. The van der Waals surface area contributed by atoms with E-state index in [9.17, 15) is 13.2 Å². The Labute approximate surface area is 94.4 Å². The molecule has 0 radical (unpaired) electrons. The summed E-state index contributed by atoms with van der Waals surface area (Å²) in [5.41, 5.74) is 0.877. The zero-order valence-electron chi connectivity index (χ0n) is 9.44. The minimum absolute atomic E-state index is 0.345.